The highest BCUT2D eigenvalue weighted by atomic mass is 16.5. The molecule has 6 nitrogen and oxygen atoms in total. The van der Waals surface area contributed by atoms with Crippen molar-refractivity contribution in [2.24, 2.45) is 0 Å². The van der Waals surface area contributed by atoms with Gasteiger partial charge in [-0.25, -0.2) is 0 Å². The Bertz CT molecular complexity index is 990. The van der Waals surface area contributed by atoms with Gasteiger partial charge in [0.1, 0.15) is 5.58 Å². The van der Waals surface area contributed by atoms with E-state index in [9.17, 15) is 14.7 Å². The number of amides is 1. The lowest BCUT2D eigenvalue weighted by Gasteiger charge is -2.08. The van der Waals surface area contributed by atoms with Gasteiger partial charge in [-0.1, -0.05) is 6.07 Å². The van der Waals surface area contributed by atoms with E-state index in [1.54, 1.807) is 12.1 Å². The third kappa shape index (κ3) is 2.94. The number of benzene rings is 2. The fraction of sp³-hybridized carbons (Fsp3) is 0.111. The van der Waals surface area contributed by atoms with E-state index in [-0.39, 0.29) is 22.7 Å². The minimum Gasteiger partial charge on any atom is -0.504 e. The minimum absolute atomic E-state index is 0.0387. The van der Waals surface area contributed by atoms with Gasteiger partial charge >= 0.3 is 0 Å². The maximum absolute atomic E-state index is 12.3. The van der Waals surface area contributed by atoms with Crippen molar-refractivity contribution in [1.29, 1.82) is 0 Å². The highest BCUT2D eigenvalue weighted by Crippen LogP contribution is 2.28. The molecule has 3 rings (SSSR count). The lowest BCUT2D eigenvalue weighted by atomic mass is 10.1. The second-order valence-electron chi connectivity index (χ2n) is 5.32. The Hall–Kier alpha value is -3.28. The summed E-state index contributed by atoms with van der Waals surface area (Å²) >= 11 is 0. The summed E-state index contributed by atoms with van der Waals surface area (Å²) in [5.41, 5.74) is 1.40. The van der Waals surface area contributed by atoms with Gasteiger partial charge in [-0.2, -0.15) is 0 Å². The number of anilines is 1. The van der Waals surface area contributed by atoms with E-state index in [2.05, 4.69) is 5.32 Å². The summed E-state index contributed by atoms with van der Waals surface area (Å²) in [4.78, 5) is 24.5. The standard InChI is InChI=1S/C18H15NO5/c1-10-3-5-12-14(21)9-17(24-15(12)7-10)18(22)19-11-4-6-13(20)16(8-11)23-2/h3-9,20H,1-2H3,(H,19,22). The molecular formula is C18H15NO5. The molecule has 0 atom stereocenters. The summed E-state index contributed by atoms with van der Waals surface area (Å²) in [6, 6.07) is 10.7. The van der Waals surface area contributed by atoms with Gasteiger partial charge < -0.3 is 19.6 Å². The van der Waals surface area contributed by atoms with Crippen molar-refractivity contribution in [2.45, 2.75) is 6.92 Å². The Kier molecular flexibility index (Phi) is 3.95. The summed E-state index contributed by atoms with van der Waals surface area (Å²) in [6.45, 7) is 1.87. The van der Waals surface area contributed by atoms with Crippen molar-refractivity contribution < 1.29 is 19.1 Å². The number of carbonyl (C=O) groups is 1. The van der Waals surface area contributed by atoms with Crippen LogP contribution in [0.2, 0.25) is 0 Å². The first-order valence-corrected chi connectivity index (χ1v) is 7.21. The zero-order valence-electron chi connectivity index (χ0n) is 13.1. The largest absolute Gasteiger partial charge is 0.504 e. The predicted molar refractivity (Wildman–Crippen MR) is 89.8 cm³/mol. The van der Waals surface area contributed by atoms with Crippen LogP contribution < -0.4 is 15.5 Å². The first-order valence-electron chi connectivity index (χ1n) is 7.21. The number of methoxy groups -OCH3 is 1. The summed E-state index contributed by atoms with van der Waals surface area (Å²) in [5.74, 6) is -0.472. The first kappa shape index (κ1) is 15.6. The topological polar surface area (TPSA) is 88.8 Å². The van der Waals surface area contributed by atoms with E-state index in [0.717, 1.165) is 11.6 Å². The van der Waals surface area contributed by atoms with Crippen LogP contribution in [-0.4, -0.2) is 18.1 Å². The predicted octanol–water partition coefficient (Wildman–Crippen LogP) is 3.07. The van der Waals surface area contributed by atoms with Crippen molar-refractivity contribution in [3.05, 3.63) is 64.0 Å². The smallest absolute Gasteiger partial charge is 0.291 e. The van der Waals surface area contributed by atoms with Crippen LogP contribution in [0.25, 0.3) is 11.0 Å². The van der Waals surface area contributed by atoms with Crippen LogP contribution in [-0.2, 0) is 0 Å². The van der Waals surface area contributed by atoms with Crippen molar-refractivity contribution in [3.63, 3.8) is 0 Å². The molecule has 0 aliphatic carbocycles. The van der Waals surface area contributed by atoms with Gasteiger partial charge in [-0.05, 0) is 36.8 Å². The van der Waals surface area contributed by atoms with Crippen LogP contribution >= 0.6 is 0 Å². The Labute approximate surface area is 137 Å². The number of carbonyl (C=O) groups excluding carboxylic acids is 1. The molecule has 24 heavy (non-hydrogen) atoms. The van der Waals surface area contributed by atoms with Crippen LogP contribution in [0.15, 0.2) is 51.7 Å². The molecular weight excluding hydrogens is 310 g/mol. The second kappa shape index (κ2) is 6.08. The molecule has 0 bridgehead atoms. The Balaban J connectivity index is 1.95. The average Bonchev–Trinajstić information content (AvgIpc) is 2.56. The van der Waals surface area contributed by atoms with Crippen molar-refractivity contribution >= 4 is 22.6 Å². The van der Waals surface area contributed by atoms with Crippen LogP contribution in [0, 0.1) is 6.92 Å². The summed E-state index contributed by atoms with van der Waals surface area (Å²) in [7, 11) is 1.41. The summed E-state index contributed by atoms with van der Waals surface area (Å²) < 4.78 is 10.5. The molecule has 0 spiro atoms. The lowest BCUT2D eigenvalue weighted by molar-refractivity contribution is 0.0997. The van der Waals surface area contributed by atoms with Gasteiger partial charge in [0, 0.05) is 17.8 Å². The number of aryl methyl sites for hydroxylation is 1. The van der Waals surface area contributed by atoms with Gasteiger partial charge in [-0.3, -0.25) is 9.59 Å². The van der Waals surface area contributed by atoms with Gasteiger partial charge in [-0.15, -0.1) is 0 Å². The molecule has 3 aromatic rings. The molecule has 0 aliphatic heterocycles. The number of phenols is 1. The molecule has 122 valence electrons. The third-order valence-corrected chi connectivity index (χ3v) is 3.55. The van der Waals surface area contributed by atoms with Gasteiger partial charge in [0.05, 0.1) is 12.5 Å². The fourth-order valence-corrected chi connectivity index (χ4v) is 2.32. The number of hydrogen-bond donors (Lipinski definition) is 2. The van der Waals surface area contributed by atoms with Gasteiger partial charge in [0.25, 0.3) is 5.91 Å². The highest BCUT2D eigenvalue weighted by Gasteiger charge is 2.14. The maximum Gasteiger partial charge on any atom is 0.291 e. The first-order chi connectivity index (χ1) is 11.5. The van der Waals surface area contributed by atoms with Crippen LogP contribution in [0.1, 0.15) is 16.1 Å². The molecule has 1 aromatic heterocycles. The van der Waals surface area contributed by atoms with E-state index >= 15 is 0 Å². The summed E-state index contributed by atoms with van der Waals surface area (Å²) in [5, 5.41) is 12.6. The lowest BCUT2D eigenvalue weighted by Crippen LogP contribution is -2.15. The Morgan fingerprint density at radius 2 is 1.96 bits per heavy atom. The molecule has 0 unspecified atom stereocenters. The van der Waals surface area contributed by atoms with E-state index in [1.165, 1.54) is 25.3 Å². The molecule has 1 heterocycles. The second-order valence-corrected chi connectivity index (χ2v) is 5.32. The van der Waals surface area contributed by atoms with Crippen LogP contribution in [0.5, 0.6) is 11.5 Å². The number of ether oxygens (including phenoxy) is 1. The van der Waals surface area contributed by atoms with Gasteiger partial charge in [0.15, 0.2) is 22.7 Å². The molecule has 0 fully saturated rings. The molecule has 0 aliphatic rings. The van der Waals surface area contributed by atoms with Crippen LogP contribution in [0.4, 0.5) is 5.69 Å². The van der Waals surface area contributed by atoms with Crippen LogP contribution in [0.3, 0.4) is 0 Å². The highest BCUT2D eigenvalue weighted by molar-refractivity contribution is 6.03. The number of rotatable bonds is 3. The number of phenolic OH excluding ortho intramolecular Hbond substituents is 1. The molecule has 2 aromatic carbocycles. The molecule has 0 radical (unpaired) electrons. The Morgan fingerprint density at radius 3 is 2.71 bits per heavy atom. The SMILES string of the molecule is COc1cc(NC(=O)c2cc(=O)c3ccc(C)cc3o2)ccc1O. The number of aromatic hydroxyl groups is 1. The normalized spacial score (nSPS) is 10.6. The van der Waals surface area contributed by atoms with E-state index in [4.69, 9.17) is 9.15 Å². The minimum atomic E-state index is -0.566. The third-order valence-electron chi connectivity index (χ3n) is 3.55. The van der Waals surface area contributed by atoms with E-state index < -0.39 is 5.91 Å². The van der Waals surface area contributed by atoms with Crippen molar-refractivity contribution in [2.75, 3.05) is 12.4 Å². The zero-order valence-corrected chi connectivity index (χ0v) is 13.1. The van der Waals surface area contributed by atoms with Crippen molar-refractivity contribution in [3.8, 4) is 11.5 Å². The van der Waals surface area contributed by atoms with E-state index in [0.29, 0.717) is 16.7 Å². The maximum atomic E-state index is 12.3. The average molecular weight is 325 g/mol. The zero-order chi connectivity index (χ0) is 17.3. The molecule has 0 saturated heterocycles. The van der Waals surface area contributed by atoms with Crippen molar-refractivity contribution in [1.82, 2.24) is 0 Å². The van der Waals surface area contributed by atoms with E-state index in [1.807, 2.05) is 13.0 Å². The Morgan fingerprint density at radius 1 is 1.17 bits per heavy atom. The quantitative estimate of drug-likeness (QED) is 0.723. The molecule has 2 N–H and O–H groups in total. The monoisotopic (exact) mass is 325 g/mol. The number of fused-ring (bicyclic) bond motifs is 1. The fourth-order valence-electron chi connectivity index (χ4n) is 2.32. The molecule has 1 amide bonds. The number of hydrogen-bond acceptors (Lipinski definition) is 5. The summed E-state index contributed by atoms with van der Waals surface area (Å²) in [6.07, 6.45) is 0. The molecule has 6 heteroatoms. The molecule has 0 saturated carbocycles. The van der Waals surface area contributed by atoms with Gasteiger partial charge in [0.2, 0.25) is 0 Å². The number of nitrogens with one attached hydrogen (secondary N) is 1.